The van der Waals surface area contributed by atoms with Gasteiger partial charge in [-0.15, -0.1) is 0 Å². The van der Waals surface area contributed by atoms with Gasteiger partial charge in [-0.25, -0.2) is 13.2 Å². The molecule has 0 bridgehead atoms. The van der Waals surface area contributed by atoms with Crippen molar-refractivity contribution < 1.29 is 28.5 Å². The molecule has 3 aromatic carbocycles. The Hall–Kier alpha value is -3.13. The number of carboxylic acids is 1. The van der Waals surface area contributed by atoms with E-state index in [4.69, 9.17) is 5.11 Å². The number of phenols is 2. The number of hydrogen-bond acceptors (Lipinski definition) is 6. The maximum atomic E-state index is 12.3. The predicted molar refractivity (Wildman–Crippen MR) is 91.9 cm³/mol. The summed E-state index contributed by atoms with van der Waals surface area (Å²) >= 11 is 0. The first kappa shape index (κ1) is 15.4. The Morgan fingerprint density at radius 1 is 1.00 bits per heavy atom. The number of aromatic carboxylic acids is 1. The van der Waals surface area contributed by atoms with Crippen LogP contribution in [0.5, 0.6) is 11.5 Å². The number of aliphatic imine (C=N–C) groups is 1. The quantitative estimate of drug-likeness (QED) is 0.454. The molecule has 8 heteroatoms. The van der Waals surface area contributed by atoms with Gasteiger partial charge in [0.05, 0.1) is 11.3 Å². The third-order valence-electron chi connectivity index (χ3n) is 4.21. The maximum absolute atomic E-state index is 12.3. The monoisotopic (exact) mass is 357 g/mol. The largest absolute Gasteiger partial charge is 0.506 e. The van der Waals surface area contributed by atoms with E-state index in [2.05, 4.69) is 4.99 Å². The van der Waals surface area contributed by atoms with E-state index in [-0.39, 0.29) is 33.5 Å². The summed E-state index contributed by atoms with van der Waals surface area (Å²) in [6.45, 7) is 0. The molecule has 1 aliphatic rings. The highest BCUT2D eigenvalue weighted by Crippen LogP contribution is 2.49. The molecule has 0 aliphatic carbocycles. The first-order valence-electron chi connectivity index (χ1n) is 7.23. The molecule has 3 aromatic rings. The van der Waals surface area contributed by atoms with Crippen molar-refractivity contribution in [2.24, 2.45) is 4.99 Å². The van der Waals surface area contributed by atoms with Gasteiger partial charge in [-0.3, -0.25) is 4.99 Å². The molecule has 7 nitrogen and oxygen atoms in total. The lowest BCUT2D eigenvalue weighted by molar-refractivity contribution is 0.0697. The van der Waals surface area contributed by atoms with Crippen LogP contribution in [0, 0.1) is 0 Å². The predicted octanol–water partition coefficient (Wildman–Crippen LogP) is 2.59. The fourth-order valence-corrected chi connectivity index (χ4v) is 4.30. The minimum Gasteiger partial charge on any atom is -0.506 e. The number of rotatable bonds is 1. The first-order valence-corrected chi connectivity index (χ1v) is 8.89. The number of hydrogen-bond donors (Lipinski definition) is 3. The van der Waals surface area contributed by atoms with Crippen LogP contribution in [-0.4, -0.2) is 41.7 Å². The molecule has 1 heterocycles. The smallest absolute Gasteiger partial charge is 0.335 e. The average molecular weight is 357 g/mol. The molecule has 0 spiro atoms. The standard InChI is InChI=1S/C17H11NO6S/c19-14-11-6-8-1-2-9(17(21)22)5-10(8)7-12(11)15(20)16-13(14)18-3-4-25(16,23)24/h1-3,5-7,19-20H,4H2,(H,21,22). The topological polar surface area (TPSA) is 124 Å². The third kappa shape index (κ3) is 2.14. The van der Waals surface area contributed by atoms with Gasteiger partial charge in [-0.05, 0) is 35.0 Å². The number of aromatic hydroxyl groups is 2. The Kier molecular flexibility index (Phi) is 3.04. The van der Waals surface area contributed by atoms with Crippen molar-refractivity contribution in [3.8, 4) is 11.5 Å². The number of carbonyl (C=O) groups is 1. The molecule has 0 unspecified atom stereocenters. The zero-order valence-corrected chi connectivity index (χ0v) is 13.4. The molecule has 0 amide bonds. The fraction of sp³-hybridized carbons (Fsp3) is 0.0588. The summed E-state index contributed by atoms with van der Waals surface area (Å²) in [7, 11) is -3.81. The lowest BCUT2D eigenvalue weighted by Crippen LogP contribution is -2.12. The van der Waals surface area contributed by atoms with E-state index in [1.807, 2.05) is 0 Å². The summed E-state index contributed by atoms with van der Waals surface area (Å²) < 4.78 is 24.5. The van der Waals surface area contributed by atoms with Gasteiger partial charge in [-0.2, -0.15) is 0 Å². The van der Waals surface area contributed by atoms with Crippen LogP contribution in [0.25, 0.3) is 21.5 Å². The third-order valence-corrected chi connectivity index (χ3v) is 5.81. The molecule has 3 N–H and O–H groups in total. The van der Waals surface area contributed by atoms with E-state index in [9.17, 15) is 23.4 Å². The number of nitrogens with zero attached hydrogens (tertiary/aromatic N) is 1. The summed E-state index contributed by atoms with van der Waals surface area (Å²) in [5.74, 6) is -2.31. The van der Waals surface area contributed by atoms with Crippen LogP contribution < -0.4 is 0 Å². The molecule has 0 fully saturated rings. The molecule has 126 valence electrons. The van der Waals surface area contributed by atoms with Crippen LogP contribution in [-0.2, 0) is 9.84 Å². The van der Waals surface area contributed by atoms with Crippen molar-refractivity contribution in [2.45, 2.75) is 4.90 Å². The minimum absolute atomic E-state index is 0.0609. The molecular weight excluding hydrogens is 346 g/mol. The number of benzene rings is 3. The maximum Gasteiger partial charge on any atom is 0.335 e. The highest BCUT2D eigenvalue weighted by Gasteiger charge is 2.30. The van der Waals surface area contributed by atoms with Crippen molar-refractivity contribution in [2.75, 3.05) is 5.75 Å². The first-order chi connectivity index (χ1) is 11.8. The second kappa shape index (κ2) is 4.93. The van der Waals surface area contributed by atoms with E-state index in [0.717, 1.165) is 0 Å². The van der Waals surface area contributed by atoms with Crippen molar-refractivity contribution in [1.82, 2.24) is 0 Å². The summed E-state index contributed by atoms with van der Waals surface area (Å²) in [6, 6.07) is 7.44. The van der Waals surface area contributed by atoms with Gasteiger partial charge in [-0.1, -0.05) is 6.07 Å². The van der Waals surface area contributed by atoms with Crippen LogP contribution in [0.15, 0.2) is 40.2 Å². The molecule has 25 heavy (non-hydrogen) atoms. The summed E-state index contributed by atoms with van der Waals surface area (Å²) in [5.41, 5.74) is -0.122. The second-order valence-electron chi connectivity index (χ2n) is 5.73. The highest BCUT2D eigenvalue weighted by molar-refractivity contribution is 7.92. The average Bonchev–Trinajstić information content (AvgIpc) is 2.56. The van der Waals surface area contributed by atoms with E-state index < -0.39 is 26.5 Å². The Morgan fingerprint density at radius 3 is 2.40 bits per heavy atom. The number of fused-ring (bicyclic) bond motifs is 3. The van der Waals surface area contributed by atoms with Gasteiger partial charge < -0.3 is 15.3 Å². The molecule has 0 saturated heterocycles. The van der Waals surface area contributed by atoms with Crippen molar-refractivity contribution in [1.29, 1.82) is 0 Å². The fourth-order valence-electron chi connectivity index (χ4n) is 3.02. The van der Waals surface area contributed by atoms with Crippen molar-refractivity contribution in [3.63, 3.8) is 0 Å². The summed E-state index contributed by atoms with van der Waals surface area (Å²) in [6.07, 6.45) is 1.17. The SMILES string of the molecule is O=C(O)c1ccc2cc3c(O)c4c(c(O)c3cc2c1)S(=O)(=O)CC=N4. The number of carboxylic acid groups (broad SMARTS) is 1. The molecule has 0 atom stereocenters. The van der Waals surface area contributed by atoms with Crippen molar-refractivity contribution >= 4 is 49.3 Å². The van der Waals surface area contributed by atoms with Gasteiger partial charge in [0, 0.05) is 17.0 Å². The van der Waals surface area contributed by atoms with E-state index in [1.165, 1.54) is 24.4 Å². The van der Waals surface area contributed by atoms with E-state index in [0.29, 0.717) is 10.8 Å². The minimum atomic E-state index is -3.81. The van der Waals surface area contributed by atoms with Gasteiger partial charge in [0.25, 0.3) is 0 Å². The van der Waals surface area contributed by atoms with Crippen molar-refractivity contribution in [3.05, 3.63) is 35.9 Å². The second-order valence-corrected chi connectivity index (χ2v) is 7.70. The Balaban J connectivity index is 2.18. The lowest BCUT2D eigenvalue weighted by atomic mass is 9.99. The van der Waals surface area contributed by atoms with Crippen LogP contribution in [0.2, 0.25) is 0 Å². The Labute approximate surface area is 141 Å². The molecular formula is C17H11NO6S. The molecule has 4 rings (SSSR count). The zero-order chi connectivity index (χ0) is 17.9. The van der Waals surface area contributed by atoms with Gasteiger partial charge in [0.15, 0.2) is 15.6 Å². The summed E-state index contributed by atoms with van der Waals surface area (Å²) in [4.78, 5) is 14.6. The van der Waals surface area contributed by atoms with Gasteiger partial charge in [0.1, 0.15) is 16.3 Å². The van der Waals surface area contributed by atoms with Crippen LogP contribution >= 0.6 is 0 Å². The van der Waals surface area contributed by atoms with E-state index in [1.54, 1.807) is 12.1 Å². The van der Waals surface area contributed by atoms with Gasteiger partial charge in [0.2, 0.25) is 0 Å². The Bertz CT molecular complexity index is 1230. The normalized spacial score (nSPS) is 15.4. The zero-order valence-electron chi connectivity index (χ0n) is 12.6. The number of sulfone groups is 1. The van der Waals surface area contributed by atoms with Crippen LogP contribution in [0.4, 0.5) is 5.69 Å². The van der Waals surface area contributed by atoms with E-state index >= 15 is 0 Å². The lowest BCUT2D eigenvalue weighted by Gasteiger charge is -2.17. The van der Waals surface area contributed by atoms with Crippen LogP contribution in [0.3, 0.4) is 0 Å². The number of phenolic OH excluding ortho intramolecular Hbond substituents is 2. The molecule has 0 saturated carbocycles. The highest BCUT2D eigenvalue weighted by atomic mass is 32.2. The molecule has 0 aromatic heterocycles. The Morgan fingerprint density at radius 2 is 1.68 bits per heavy atom. The summed E-state index contributed by atoms with van der Waals surface area (Å²) in [5, 5.41) is 31.6. The molecule has 1 aliphatic heterocycles. The molecule has 0 radical (unpaired) electrons. The van der Waals surface area contributed by atoms with Gasteiger partial charge >= 0.3 is 5.97 Å². The van der Waals surface area contributed by atoms with Crippen LogP contribution in [0.1, 0.15) is 10.4 Å².